The van der Waals surface area contributed by atoms with E-state index in [4.69, 9.17) is 0 Å². The fourth-order valence-corrected chi connectivity index (χ4v) is 1.65. The molecule has 0 saturated carbocycles. The highest BCUT2D eigenvalue weighted by Gasteiger charge is 2.21. The second-order valence-corrected chi connectivity index (χ2v) is 4.16. The Morgan fingerprint density at radius 2 is 2.17 bits per heavy atom. The second kappa shape index (κ2) is 4.21. The van der Waals surface area contributed by atoms with Gasteiger partial charge in [-0.2, -0.15) is 0 Å². The Morgan fingerprint density at radius 3 is 2.67 bits per heavy atom. The molecule has 0 aromatic carbocycles. The Labute approximate surface area is 75.7 Å². The van der Waals surface area contributed by atoms with Crippen LogP contribution in [0.3, 0.4) is 0 Å². The molecule has 0 amide bonds. The maximum absolute atomic E-state index is 3.55. The van der Waals surface area contributed by atoms with E-state index in [-0.39, 0.29) is 0 Å². The molecule has 0 spiro atoms. The van der Waals surface area contributed by atoms with Gasteiger partial charge in [0.2, 0.25) is 0 Å². The first kappa shape index (κ1) is 9.96. The maximum Gasteiger partial charge on any atom is 0.0323 e. The highest BCUT2D eigenvalue weighted by molar-refractivity contribution is 4.82. The average Bonchev–Trinajstić information content (AvgIpc) is 1.96. The molecule has 3 nitrogen and oxygen atoms in total. The minimum atomic E-state index is 0.640. The molecule has 1 heterocycles. The van der Waals surface area contributed by atoms with Crippen molar-refractivity contribution in [3.05, 3.63) is 0 Å². The van der Waals surface area contributed by atoms with Crippen LogP contribution in [-0.4, -0.2) is 62.7 Å². The minimum Gasteiger partial charge on any atom is -0.310 e. The molecular weight excluding hydrogens is 150 g/mol. The Kier molecular flexibility index (Phi) is 3.50. The van der Waals surface area contributed by atoms with Gasteiger partial charge in [0.1, 0.15) is 0 Å². The van der Waals surface area contributed by atoms with Gasteiger partial charge in [0.15, 0.2) is 0 Å². The van der Waals surface area contributed by atoms with Crippen molar-refractivity contribution < 1.29 is 0 Å². The van der Waals surface area contributed by atoms with Crippen LogP contribution < -0.4 is 5.32 Å². The fraction of sp³-hybridized carbons (Fsp3) is 1.00. The molecule has 0 aromatic heterocycles. The topological polar surface area (TPSA) is 18.5 Å². The van der Waals surface area contributed by atoms with Crippen LogP contribution in [0, 0.1) is 0 Å². The summed E-state index contributed by atoms with van der Waals surface area (Å²) in [6.45, 7) is 5.68. The van der Waals surface area contributed by atoms with Crippen molar-refractivity contribution in [3.63, 3.8) is 0 Å². The monoisotopic (exact) mass is 171 g/mol. The zero-order chi connectivity index (χ0) is 9.14. The summed E-state index contributed by atoms with van der Waals surface area (Å²) in [5, 5.41) is 3.55. The van der Waals surface area contributed by atoms with E-state index in [1.165, 1.54) is 6.54 Å². The van der Waals surface area contributed by atoms with E-state index in [1.807, 2.05) is 0 Å². The quantitative estimate of drug-likeness (QED) is 0.623. The molecule has 72 valence electrons. The number of hydrogen-bond acceptors (Lipinski definition) is 3. The van der Waals surface area contributed by atoms with Gasteiger partial charge in [-0.05, 0) is 28.1 Å². The normalized spacial score (nSPS) is 32.8. The fourth-order valence-electron chi connectivity index (χ4n) is 1.65. The predicted octanol–water partition coefficient (Wildman–Crippen LogP) is -0.160. The van der Waals surface area contributed by atoms with E-state index in [0.29, 0.717) is 12.1 Å². The van der Waals surface area contributed by atoms with Gasteiger partial charge in [0.05, 0.1) is 0 Å². The van der Waals surface area contributed by atoms with E-state index >= 15 is 0 Å². The molecule has 1 N–H and O–H groups in total. The highest BCUT2D eigenvalue weighted by atomic mass is 15.2. The number of nitrogens with one attached hydrogen (secondary N) is 1. The van der Waals surface area contributed by atoms with Crippen molar-refractivity contribution in [2.75, 3.05) is 40.8 Å². The summed E-state index contributed by atoms with van der Waals surface area (Å²) in [4.78, 5) is 4.66. The lowest BCUT2D eigenvalue weighted by molar-refractivity contribution is 0.157. The molecule has 1 saturated heterocycles. The summed E-state index contributed by atoms with van der Waals surface area (Å²) >= 11 is 0. The highest BCUT2D eigenvalue weighted by Crippen LogP contribution is 2.03. The number of hydrogen-bond donors (Lipinski definition) is 1. The molecule has 1 aliphatic rings. The molecule has 1 aliphatic heterocycles. The number of piperazine rings is 1. The molecular formula is C9H21N3. The molecule has 12 heavy (non-hydrogen) atoms. The Hall–Kier alpha value is -0.120. The van der Waals surface area contributed by atoms with Crippen LogP contribution in [0.25, 0.3) is 0 Å². The largest absolute Gasteiger partial charge is 0.310 e. The summed E-state index contributed by atoms with van der Waals surface area (Å²) in [7, 11) is 6.45. The SMILES string of the molecule is CC1CNC(CN(C)C)CN1C. The van der Waals surface area contributed by atoms with Gasteiger partial charge in [-0.15, -0.1) is 0 Å². The zero-order valence-electron chi connectivity index (χ0n) is 8.67. The minimum absolute atomic E-state index is 0.640. The number of likely N-dealkylation sites (N-methyl/N-ethyl adjacent to an activating group) is 2. The Balaban J connectivity index is 2.30. The van der Waals surface area contributed by atoms with Crippen molar-refractivity contribution in [3.8, 4) is 0 Å². The van der Waals surface area contributed by atoms with Gasteiger partial charge in [-0.1, -0.05) is 0 Å². The summed E-state index contributed by atoms with van der Waals surface area (Å²) in [5.41, 5.74) is 0. The third kappa shape index (κ3) is 2.73. The summed E-state index contributed by atoms with van der Waals surface area (Å²) in [5.74, 6) is 0. The lowest BCUT2D eigenvalue weighted by atomic mass is 10.1. The molecule has 2 atom stereocenters. The van der Waals surface area contributed by atoms with E-state index in [2.05, 4.69) is 43.2 Å². The van der Waals surface area contributed by atoms with Crippen LogP contribution in [0.1, 0.15) is 6.92 Å². The van der Waals surface area contributed by atoms with Crippen LogP contribution in [-0.2, 0) is 0 Å². The maximum atomic E-state index is 3.55. The third-order valence-electron chi connectivity index (χ3n) is 2.55. The molecule has 0 bridgehead atoms. The molecule has 1 fully saturated rings. The van der Waals surface area contributed by atoms with Gasteiger partial charge >= 0.3 is 0 Å². The van der Waals surface area contributed by atoms with Gasteiger partial charge in [-0.3, -0.25) is 0 Å². The predicted molar refractivity (Wildman–Crippen MR) is 52.4 cm³/mol. The third-order valence-corrected chi connectivity index (χ3v) is 2.55. The smallest absolute Gasteiger partial charge is 0.0323 e. The molecule has 0 aromatic rings. The van der Waals surface area contributed by atoms with Crippen molar-refractivity contribution in [2.45, 2.75) is 19.0 Å². The lowest BCUT2D eigenvalue weighted by Gasteiger charge is -2.37. The van der Waals surface area contributed by atoms with Crippen molar-refractivity contribution in [2.24, 2.45) is 0 Å². The van der Waals surface area contributed by atoms with Crippen molar-refractivity contribution in [1.29, 1.82) is 0 Å². The molecule has 0 aliphatic carbocycles. The number of rotatable bonds is 2. The summed E-state index contributed by atoms with van der Waals surface area (Å²) in [6.07, 6.45) is 0. The van der Waals surface area contributed by atoms with E-state index in [1.54, 1.807) is 0 Å². The van der Waals surface area contributed by atoms with Gasteiger partial charge in [-0.25, -0.2) is 0 Å². The van der Waals surface area contributed by atoms with Crippen LogP contribution in [0.4, 0.5) is 0 Å². The van der Waals surface area contributed by atoms with Crippen LogP contribution in [0.2, 0.25) is 0 Å². The van der Waals surface area contributed by atoms with Crippen molar-refractivity contribution in [1.82, 2.24) is 15.1 Å². The average molecular weight is 171 g/mol. The van der Waals surface area contributed by atoms with Crippen LogP contribution in [0.15, 0.2) is 0 Å². The second-order valence-electron chi connectivity index (χ2n) is 4.16. The number of nitrogens with zero attached hydrogens (tertiary/aromatic N) is 2. The Bertz CT molecular complexity index is 136. The molecule has 1 rings (SSSR count). The Morgan fingerprint density at radius 1 is 1.50 bits per heavy atom. The van der Waals surface area contributed by atoms with E-state index in [9.17, 15) is 0 Å². The molecule has 2 unspecified atom stereocenters. The van der Waals surface area contributed by atoms with Crippen molar-refractivity contribution >= 4 is 0 Å². The summed E-state index contributed by atoms with van der Waals surface area (Å²) < 4.78 is 0. The van der Waals surface area contributed by atoms with Gasteiger partial charge in [0.25, 0.3) is 0 Å². The first-order valence-electron chi connectivity index (χ1n) is 4.68. The summed E-state index contributed by atoms with van der Waals surface area (Å²) in [6, 6.07) is 1.32. The van der Waals surface area contributed by atoms with E-state index in [0.717, 1.165) is 13.1 Å². The molecule has 0 radical (unpaired) electrons. The first-order valence-corrected chi connectivity index (χ1v) is 4.68. The van der Waals surface area contributed by atoms with Gasteiger partial charge in [0, 0.05) is 31.7 Å². The first-order chi connectivity index (χ1) is 5.59. The zero-order valence-corrected chi connectivity index (χ0v) is 8.67. The standard InChI is InChI=1S/C9H21N3/c1-8-5-10-9(6-11(2)3)7-12(8)4/h8-10H,5-7H2,1-4H3. The van der Waals surface area contributed by atoms with Gasteiger partial charge < -0.3 is 15.1 Å². The van der Waals surface area contributed by atoms with E-state index < -0.39 is 0 Å². The van der Waals surface area contributed by atoms with Crippen LogP contribution >= 0.6 is 0 Å². The van der Waals surface area contributed by atoms with Crippen LogP contribution in [0.5, 0.6) is 0 Å². The lowest BCUT2D eigenvalue weighted by Crippen LogP contribution is -2.56. The molecule has 3 heteroatoms.